The van der Waals surface area contributed by atoms with Gasteiger partial charge in [0.25, 0.3) is 0 Å². The quantitative estimate of drug-likeness (QED) is 0.610. The molecule has 1 aliphatic rings. The zero-order valence-electron chi connectivity index (χ0n) is 6.86. The highest BCUT2D eigenvalue weighted by atomic mass is 16.5. The van der Waals surface area contributed by atoms with Crippen molar-refractivity contribution in [3.05, 3.63) is 0 Å². The maximum absolute atomic E-state index is 9.32. The third-order valence-electron chi connectivity index (χ3n) is 2.11. The first-order valence-corrected chi connectivity index (χ1v) is 4.20. The third kappa shape index (κ3) is 2.43. The highest BCUT2D eigenvalue weighted by Gasteiger charge is 2.26. The predicted octanol–water partition coefficient (Wildman–Crippen LogP) is 0.297. The van der Waals surface area contributed by atoms with Crippen molar-refractivity contribution < 1.29 is 14.9 Å². The lowest BCUT2D eigenvalue weighted by atomic mass is 10.00. The molecule has 3 heteroatoms. The largest absolute Gasteiger partial charge is 0.394 e. The Morgan fingerprint density at radius 1 is 1.36 bits per heavy atom. The summed E-state index contributed by atoms with van der Waals surface area (Å²) in [7, 11) is 0. The van der Waals surface area contributed by atoms with Gasteiger partial charge in [0.1, 0.15) is 0 Å². The number of ether oxygens (including phenoxy) is 1. The Morgan fingerprint density at radius 2 is 2.00 bits per heavy atom. The van der Waals surface area contributed by atoms with E-state index in [2.05, 4.69) is 0 Å². The van der Waals surface area contributed by atoms with Crippen molar-refractivity contribution >= 4 is 0 Å². The summed E-state index contributed by atoms with van der Waals surface area (Å²) in [5, 5.41) is 18.1. The van der Waals surface area contributed by atoms with Crippen molar-refractivity contribution in [3.8, 4) is 0 Å². The first-order valence-electron chi connectivity index (χ1n) is 4.20. The summed E-state index contributed by atoms with van der Waals surface area (Å²) in [5.74, 6) is 0. The third-order valence-corrected chi connectivity index (χ3v) is 2.11. The van der Waals surface area contributed by atoms with E-state index in [1.807, 2.05) is 6.92 Å². The van der Waals surface area contributed by atoms with Crippen LogP contribution < -0.4 is 0 Å². The summed E-state index contributed by atoms with van der Waals surface area (Å²) in [6.07, 6.45) is 1.90. The van der Waals surface area contributed by atoms with Crippen LogP contribution in [0.1, 0.15) is 26.2 Å². The summed E-state index contributed by atoms with van der Waals surface area (Å²) >= 11 is 0. The highest BCUT2D eigenvalue weighted by molar-refractivity contribution is 4.75. The molecule has 11 heavy (non-hydrogen) atoms. The van der Waals surface area contributed by atoms with E-state index in [9.17, 15) is 5.11 Å². The van der Waals surface area contributed by atoms with Gasteiger partial charge < -0.3 is 14.9 Å². The van der Waals surface area contributed by atoms with Gasteiger partial charge in [-0.25, -0.2) is 0 Å². The first-order chi connectivity index (χ1) is 5.26. The molecule has 1 aliphatic heterocycles. The molecule has 0 aromatic heterocycles. The average molecular weight is 160 g/mol. The van der Waals surface area contributed by atoms with Crippen molar-refractivity contribution in [2.24, 2.45) is 0 Å². The van der Waals surface area contributed by atoms with Crippen molar-refractivity contribution in [1.29, 1.82) is 0 Å². The van der Waals surface area contributed by atoms with Gasteiger partial charge in [-0.3, -0.25) is 0 Å². The molecule has 0 aliphatic carbocycles. The Kier molecular flexibility index (Phi) is 3.30. The van der Waals surface area contributed by atoms with E-state index in [1.165, 1.54) is 0 Å². The van der Waals surface area contributed by atoms with E-state index in [-0.39, 0.29) is 24.9 Å². The lowest BCUT2D eigenvalue weighted by Crippen LogP contribution is -2.37. The van der Waals surface area contributed by atoms with Gasteiger partial charge in [-0.2, -0.15) is 0 Å². The van der Waals surface area contributed by atoms with Crippen LogP contribution in [-0.2, 0) is 4.74 Å². The lowest BCUT2D eigenvalue weighted by molar-refractivity contribution is -0.112. The van der Waals surface area contributed by atoms with Gasteiger partial charge >= 0.3 is 0 Å². The van der Waals surface area contributed by atoms with Crippen molar-refractivity contribution in [1.82, 2.24) is 0 Å². The first kappa shape index (κ1) is 8.97. The molecule has 0 bridgehead atoms. The Balaban J connectivity index is 2.37. The molecule has 1 rings (SSSR count). The van der Waals surface area contributed by atoms with Gasteiger partial charge in [0, 0.05) is 6.42 Å². The maximum atomic E-state index is 9.32. The number of hydrogen-bond acceptors (Lipinski definition) is 3. The molecule has 0 aromatic carbocycles. The van der Waals surface area contributed by atoms with Crippen LogP contribution >= 0.6 is 0 Å². The predicted molar refractivity (Wildman–Crippen MR) is 41.3 cm³/mol. The second kappa shape index (κ2) is 4.04. The molecule has 0 aromatic rings. The lowest BCUT2D eigenvalue weighted by Gasteiger charge is -2.31. The van der Waals surface area contributed by atoms with Crippen LogP contribution in [0.4, 0.5) is 0 Å². The fourth-order valence-corrected chi connectivity index (χ4v) is 1.47. The molecule has 2 N–H and O–H groups in total. The molecule has 0 saturated carbocycles. The van der Waals surface area contributed by atoms with Crippen molar-refractivity contribution in [2.75, 3.05) is 6.61 Å². The molecular formula is C8H16O3. The summed E-state index contributed by atoms with van der Waals surface area (Å²) in [5.41, 5.74) is 0. The van der Waals surface area contributed by atoms with Gasteiger partial charge in [-0.15, -0.1) is 0 Å². The zero-order valence-corrected chi connectivity index (χ0v) is 6.86. The highest BCUT2D eigenvalue weighted by Crippen LogP contribution is 2.20. The van der Waals surface area contributed by atoms with Gasteiger partial charge in [0.15, 0.2) is 0 Å². The normalized spacial score (nSPS) is 39.0. The summed E-state index contributed by atoms with van der Waals surface area (Å²) < 4.78 is 5.45. The molecule has 0 amide bonds. The molecule has 1 fully saturated rings. The smallest absolute Gasteiger partial charge is 0.0834 e. The molecule has 3 nitrogen and oxygen atoms in total. The van der Waals surface area contributed by atoms with Gasteiger partial charge in [-0.1, -0.05) is 6.92 Å². The van der Waals surface area contributed by atoms with Gasteiger partial charge in [-0.05, 0) is 12.8 Å². The number of aliphatic hydroxyl groups is 2. The van der Waals surface area contributed by atoms with E-state index < -0.39 is 0 Å². The van der Waals surface area contributed by atoms with Crippen LogP contribution in [0.5, 0.6) is 0 Å². The molecule has 0 radical (unpaired) electrons. The monoisotopic (exact) mass is 160 g/mol. The Labute approximate surface area is 67.0 Å². The van der Waals surface area contributed by atoms with E-state index in [4.69, 9.17) is 9.84 Å². The molecule has 0 spiro atoms. The Morgan fingerprint density at radius 3 is 2.55 bits per heavy atom. The van der Waals surface area contributed by atoms with Crippen LogP contribution in [-0.4, -0.2) is 35.1 Å². The van der Waals surface area contributed by atoms with Crippen molar-refractivity contribution in [2.45, 2.75) is 44.5 Å². The number of aliphatic hydroxyl groups excluding tert-OH is 2. The minimum atomic E-state index is -0.286. The van der Waals surface area contributed by atoms with Crippen LogP contribution in [0.3, 0.4) is 0 Å². The second-order valence-electron chi connectivity index (χ2n) is 3.10. The number of hydrogen-bond donors (Lipinski definition) is 2. The number of rotatable bonds is 2. The summed E-state index contributed by atoms with van der Waals surface area (Å²) in [6, 6.07) is 0. The molecule has 0 unspecified atom stereocenters. The SMILES string of the molecule is CC[C@H]1C[C@@H](O)C[C@@H](CO)O1. The van der Waals surface area contributed by atoms with Crippen LogP contribution in [0.2, 0.25) is 0 Å². The summed E-state index contributed by atoms with van der Waals surface area (Å²) in [6.45, 7) is 2.05. The zero-order chi connectivity index (χ0) is 8.27. The van der Waals surface area contributed by atoms with E-state index in [1.54, 1.807) is 0 Å². The van der Waals surface area contributed by atoms with E-state index >= 15 is 0 Å². The fourth-order valence-electron chi connectivity index (χ4n) is 1.47. The standard InChI is InChI=1S/C8H16O3/c1-2-7-3-6(10)4-8(5-9)11-7/h6-10H,2-5H2,1H3/t6-,7+,8+/m1/s1. The molecular weight excluding hydrogens is 144 g/mol. The Hall–Kier alpha value is -0.120. The van der Waals surface area contributed by atoms with E-state index in [0.29, 0.717) is 12.8 Å². The van der Waals surface area contributed by atoms with Gasteiger partial charge in [0.05, 0.1) is 24.9 Å². The van der Waals surface area contributed by atoms with Crippen LogP contribution in [0, 0.1) is 0 Å². The van der Waals surface area contributed by atoms with Crippen molar-refractivity contribution in [3.63, 3.8) is 0 Å². The van der Waals surface area contributed by atoms with E-state index in [0.717, 1.165) is 6.42 Å². The van der Waals surface area contributed by atoms with Gasteiger partial charge in [0.2, 0.25) is 0 Å². The minimum absolute atomic E-state index is 0.0214. The second-order valence-corrected chi connectivity index (χ2v) is 3.10. The fraction of sp³-hybridized carbons (Fsp3) is 1.00. The van der Waals surface area contributed by atoms with Crippen LogP contribution in [0.15, 0.2) is 0 Å². The molecule has 1 heterocycles. The Bertz CT molecular complexity index is 104. The molecule has 3 atom stereocenters. The average Bonchev–Trinajstić information content (AvgIpc) is 2.03. The molecule has 66 valence electrons. The molecule has 1 saturated heterocycles. The topological polar surface area (TPSA) is 49.7 Å². The summed E-state index contributed by atoms with van der Waals surface area (Å²) in [4.78, 5) is 0. The van der Waals surface area contributed by atoms with Crippen LogP contribution in [0.25, 0.3) is 0 Å². The maximum Gasteiger partial charge on any atom is 0.0834 e. The minimum Gasteiger partial charge on any atom is -0.394 e.